The second-order valence-electron chi connectivity index (χ2n) is 4.41. The van der Waals surface area contributed by atoms with E-state index in [9.17, 15) is 9.70 Å². The van der Waals surface area contributed by atoms with Crippen LogP contribution in [0.1, 0.15) is 15.9 Å². The number of carbonyl (C=O) groups excluding carboxylic acids is 1. The number of hydrogen-bond donors (Lipinski definition) is 2. The molecule has 0 aromatic heterocycles. The lowest BCUT2D eigenvalue weighted by atomic mass is 10.2. The van der Waals surface area contributed by atoms with E-state index < -0.39 is 5.97 Å². The first-order valence-electron chi connectivity index (χ1n) is 6.38. The van der Waals surface area contributed by atoms with Crippen LogP contribution in [0, 0.1) is 4.91 Å². The van der Waals surface area contributed by atoms with Gasteiger partial charge in [0.15, 0.2) is 5.96 Å². The van der Waals surface area contributed by atoms with Crippen LogP contribution in [0.5, 0.6) is 5.75 Å². The molecule has 0 fully saturated rings. The first-order valence-corrected chi connectivity index (χ1v) is 6.38. The monoisotopic (exact) mass is 298 g/mol. The molecule has 7 heteroatoms. The molecule has 0 saturated heterocycles. The van der Waals surface area contributed by atoms with E-state index in [1.165, 1.54) is 0 Å². The maximum absolute atomic E-state index is 12.0. The molecule has 0 saturated carbocycles. The predicted molar refractivity (Wildman–Crippen MR) is 82.8 cm³/mol. The van der Waals surface area contributed by atoms with Crippen molar-refractivity contribution in [3.8, 4) is 5.75 Å². The average molecular weight is 298 g/mol. The third-order valence-corrected chi connectivity index (χ3v) is 2.72. The molecule has 0 amide bonds. The molecule has 2 aromatic rings. The minimum absolute atomic E-state index is 0.0264. The molecule has 7 nitrogen and oxygen atoms in total. The normalized spacial score (nSPS) is 9.82. The van der Waals surface area contributed by atoms with Crippen LogP contribution in [0.3, 0.4) is 0 Å². The van der Waals surface area contributed by atoms with Crippen LogP contribution in [0.25, 0.3) is 0 Å². The van der Waals surface area contributed by atoms with Gasteiger partial charge in [-0.25, -0.2) is 9.79 Å². The van der Waals surface area contributed by atoms with E-state index in [2.05, 4.69) is 10.2 Å². The van der Waals surface area contributed by atoms with Gasteiger partial charge < -0.3 is 16.2 Å². The molecule has 4 N–H and O–H groups in total. The number of aliphatic imine (C=N–C) groups is 1. The van der Waals surface area contributed by atoms with Crippen molar-refractivity contribution in [3.05, 3.63) is 64.6 Å². The number of nitroso groups, excluding NO2 is 1. The predicted octanol–water partition coefficient (Wildman–Crippen LogP) is 2.08. The Hall–Kier alpha value is -3.22. The van der Waals surface area contributed by atoms with E-state index in [-0.39, 0.29) is 12.5 Å². The SMILES string of the molecule is NC(N)=Nc1ccc(C(=O)Oc2cccc(CN=O)c2)cc1. The highest BCUT2D eigenvalue weighted by Gasteiger charge is 2.09. The summed E-state index contributed by atoms with van der Waals surface area (Å²) in [7, 11) is 0. The molecule has 0 atom stereocenters. The minimum Gasteiger partial charge on any atom is -0.423 e. The number of esters is 1. The van der Waals surface area contributed by atoms with Gasteiger partial charge in [0, 0.05) is 0 Å². The van der Waals surface area contributed by atoms with E-state index >= 15 is 0 Å². The van der Waals surface area contributed by atoms with Crippen molar-refractivity contribution in [3.63, 3.8) is 0 Å². The summed E-state index contributed by atoms with van der Waals surface area (Å²) in [4.78, 5) is 26.1. The van der Waals surface area contributed by atoms with Crippen molar-refractivity contribution >= 4 is 17.6 Å². The fraction of sp³-hybridized carbons (Fsp3) is 0.0667. The first kappa shape index (κ1) is 15.2. The van der Waals surface area contributed by atoms with Gasteiger partial charge in [-0.15, -0.1) is 0 Å². The second-order valence-corrected chi connectivity index (χ2v) is 4.41. The highest BCUT2D eigenvalue weighted by atomic mass is 16.5. The number of benzene rings is 2. The quantitative estimate of drug-likeness (QED) is 0.288. The molecule has 0 bridgehead atoms. The van der Waals surface area contributed by atoms with Gasteiger partial charge in [-0.3, -0.25) is 0 Å². The maximum Gasteiger partial charge on any atom is 0.343 e. The molecule has 22 heavy (non-hydrogen) atoms. The smallest absolute Gasteiger partial charge is 0.343 e. The van der Waals surface area contributed by atoms with Gasteiger partial charge in [-0.05, 0) is 42.0 Å². The van der Waals surface area contributed by atoms with Crippen molar-refractivity contribution in [2.45, 2.75) is 6.54 Å². The Balaban J connectivity index is 2.10. The van der Waals surface area contributed by atoms with E-state index in [4.69, 9.17) is 16.2 Å². The first-order chi connectivity index (χ1) is 10.6. The van der Waals surface area contributed by atoms with E-state index in [1.54, 1.807) is 48.5 Å². The van der Waals surface area contributed by atoms with E-state index in [0.717, 1.165) is 0 Å². The highest BCUT2D eigenvalue weighted by molar-refractivity contribution is 5.91. The summed E-state index contributed by atoms with van der Waals surface area (Å²) in [6.45, 7) is 0.0264. The van der Waals surface area contributed by atoms with Gasteiger partial charge in [0.2, 0.25) is 0 Å². The van der Waals surface area contributed by atoms with Crippen LogP contribution in [0.2, 0.25) is 0 Å². The van der Waals surface area contributed by atoms with Gasteiger partial charge in [-0.1, -0.05) is 17.3 Å². The zero-order valence-electron chi connectivity index (χ0n) is 11.6. The van der Waals surface area contributed by atoms with E-state index in [1.807, 2.05) is 0 Å². The molecule has 0 aliphatic heterocycles. The third-order valence-electron chi connectivity index (χ3n) is 2.72. The van der Waals surface area contributed by atoms with E-state index in [0.29, 0.717) is 22.6 Å². The lowest BCUT2D eigenvalue weighted by Crippen LogP contribution is -2.21. The molecular weight excluding hydrogens is 284 g/mol. The summed E-state index contributed by atoms with van der Waals surface area (Å²) in [6.07, 6.45) is 0. The minimum atomic E-state index is -0.521. The van der Waals surface area contributed by atoms with Crippen LogP contribution in [0.4, 0.5) is 5.69 Å². The number of rotatable bonds is 5. The number of hydrogen-bond acceptors (Lipinski definition) is 5. The Morgan fingerprint density at radius 1 is 1.09 bits per heavy atom. The number of guanidine groups is 1. The average Bonchev–Trinajstić information content (AvgIpc) is 2.48. The molecule has 0 aliphatic rings. The molecule has 112 valence electrons. The number of ether oxygens (including phenoxy) is 1. The fourth-order valence-electron chi connectivity index (χ4n) is 1.77. The third kappa shape index (κ3) is 4.14. The summed E-state index contributed by atoms with van der Waals surface area (Å²) in [6, 6.07) is 12.9. The number of nitrogens with zero attached hydrogens (tertiary/aromatic N) is 2. The zero-order chi connectivity index (χ0) is 15.9. The fourth-order valence-corrected chi connectivity index (χ4v) is 1.77. The van der Waals surface area contributed by atoms with Crippen LogP contribution >= 0.6 is 0 Å². The zero-order valence-corrected chi connectivity index (χ0v) is 11.6. The Morgan fingerprint density at radius 2 is 1.82 bits per heavy atom. The van der Waals surface area contributed by atoms with Crippen LogP contribution in [-0.4, -0.2) is 11.9 Å². The van der Waals surface area contributed by atoms with Crippen molar-refractivity contribution in [2.24, 2.45) is 21.6 Å². The van der Waals surface area contributed by atoms with Crippen LogP contribution in [0.15, 0.2) is 58.7 Å². The largest absolute Gasteiger partial charge is 0.423 e. The van der Waals surface area contributed by atoms with Crippen molar-refractivity contribution in [2.75, 3.05) is 0 Å². The molecule has 2 aromatic carbocycles. The highest BCUT2D eigenvalue weighted by Crippen LogP contribution is 2.17. The van der Waals surface area contributed by atoms with Gasteiger partial charge in [-0.2, -0.15) is 4.91 Å². The van der Waals surface area contributed by atoms with Gasteiger partial charge in [0.05, 0.1) is 11.3 Å². The summed E-state index contributed by atoms with van der Waals surface area (Å²) < 4.78 is 5.24. The number of nitrogens with two attached hydrogens (primary N) is 2. The van der Waals surface area contributed by atoms with Gasteiger partial charge >= 0.3 is 5.97 Å². The van der Waals surface area contributed by atoms with Crippen molar-refractivity contribution in [1.29, 1.82) is 0 Å². The van der Waals surface area contributed by atoms with Crippen LogP contribution in [-0.2, 0) is 6.54 Å². The van der Waals surface area contributed by atoms with Crippen molar-refractivity contribution in [1.82, 2.24) is 0 Å². The summed E-state index contributed by atoms with van der Waals surface area (Å²) in [5.41, 5.74) is 12.1. The lowest BCUT2D eigenvalue weighted by Gasteiger charge is -2.05. The van der Waals surface area contributed by atoms with Crippen molar-refractivity contribution < 1.29 is 9.53 Å². The van der Waals surface area contributed by atoms with Gasteiger partial charge in [0.1, 0.15) is 12.3 Å². The Morgan fingerprint density at radius 3 is 2.45 bits per heavy atom. The Labute approximate surface area is 126 Å². The molecule has 0 radical (unpaired) electrons. The Bertz CT molecular complexity index is 707. The van der Waals surface area contributed by atoms with Crippen LogP contribution < -0.4 is 16.2 Å². The molecule has 0 aliphatic carbocycles. The Kier molecular flexibility index (Phi) is 4.81. The summed E-state index contributed by atoms with van der Waals surface area (Å²) in [5.74, 6) is -0.233. The topological polar surface area (TPSA) is 120 Å². The van der Waals surface area contributed by atoms with Gasteiger partial charge in [0.25, 0.3) is 0 Å². The maximum atomic E-state index is 12.0. The molecule has 0 spiro atoms. The summed E-state index contributed by atoms with van der Waals surface area (Å²) >= 11 is 0. The molecule has 0 unspecified atom stereocenters. The molecular formula is C15H14N4O3. The lowest BCUT2D eigenvalue weighted by molar-refractivity contribution is 0.0734. The molecule has 2 rings (SSSR count). The summed E-state index contributed by atoms with van der Waals surface area (Å²) in [5, 5.41) is 2.79. The number of carbonyl (C=O) groups is 1. The second kappa shape index (κ2) is 6.98. The molecule has 0 heterocycles. The standard InChI is InChI=1S/C15H14N4O3/c16-15(17)19-12-6-4-11(5-7-12)14(20)22-13-3-1-2-10(8-13)9-18-21/h1-8H,9H2,(H4,16,17,19).